The molecule has 0 atom stereocenters. The highest BCUT2D eigenvalue weighted by Gasteiger charge is 1.83. The molecule has 0 aliphatic rings. The van der Waals surface area contributed by atoms with Gasteiger partial charge < -0.3 is 5.32 Å². The van der Waals surface area contributed by atoms with E-state index in [-0.39, 0.29) is 12.4 Å². The Morgan fingerprint density at radius 2 is 1.31 bits per heavy atom. The highest BCUT2D eigenvalue weighted by atomic mass is 35.5. The molecule has 4 heteroatoms. The van der Waals surface area contributed by atoms with Gasteiger partial charge >= 0.3 is 0 Å². The second kappa shape index (κ2) is 22.7. The number of hydrogen-bond acceptors (Lipinski definition) is 3. The fourth-order valence-electron chi connectivity index (χ4n) is 0.729. The summed E-state index contributed by atoms with van der Waals surface area (Å²) >= 11 is 0. The Hall–Kier alpha value is 0.170. The molecule has 0 unspecified atom stereocenters. The summed E-state index contributed by atoms with van der Waals surface area (Å²) < 4.78 is 0. The van der Waals surface area contributed by atoms with E-state index < -0.39 is 0 Å². The summed E-state index contributed by atoms with van der Waals surface area (Å²) in [4.78, 5) is 0. The minimum absolute atomic E-state index is 0. The van der Waals surface area contributed by atoms with Crippen molar-refractivity contribution in [1.82, 2.24) is 10.7 Å². The summed E-state index contributed by atoms with van der Waals surface area (Å²) in [6, 6.07) is 0. The molecule has 0 rings (SSSR count). The lowest BCUT2D eigenvalue weighted by Gasteiger charge is -1.99. The summed E-state index contributed by atoms with van der Waals surface area (Å²) in [5.74, 6) is 4.60. The Balaban J connectivity index is -0.000000220. The van der Waals surface area contributed by atoms with Crippen LogP contribution in [0.15, 0.2) is 0 Å². The topological polar surface area (TPSA) is 50.1 Å². The molecular weight excluding hydrogens is 186 g/mol. The van der Waals surface area contributed by atoms with E-state index in [1.807, 2.05) is 0 Å². The molecule has 0 spiro atoms. The van der Waals surface area contributed by atoms with Crippen molar-refractivity contribution < 1.29 is 0 Å². The molecule has 0 bridgehead atoms. The van der Waals surface area contributed by atoms with Crippen LogP contribution in [-0.2, 0) is 0 Å². The van der Waals surface area contributed by atoms with E-state index >= 15 is 0 Å². The van der Waals surface area contributed by atoms with E-state index in [0.717, 1.165) is 0 Å². The lowest BCUT2D eigenvalue weighted by atomic mass is 10.3. The van der Waals surface area contributed by atoms with Gasteiger partial charge in [0.25, 0.3) is 0 Å². The highest BCUT2D eigenvalue weighted by Crippen LogP contribution is 1.85. The van der Waals surface area contributed by atoms with Crippen molar-refractivity contribution in [3.8, 4) is 0 Å². The van der Waals surface area contributed by atoms with Crippen molar-refractivity contribution in [3.63, 3.8) is 0 Å². The Labute approximate surface area is 89.2 Å². The highest BCUT2D eigenvalue weighted by molar-refractivity contribution is 5.85. The van der Waals surface area contributed by atoms with Gasteiger partial charge in [-0.05, 0) is 33.0 Å². The molecule has 84 valence electrons. The standard InChI is InChI=1S/C8H19N.CH6N2.ClH/c1-3-5-7-9-8-6-4-2;1-3-2;/h9H,3-8H2,1-2H3;3H,2H2,1H3;1H. The van der Waals surface area contributed by atoms with E-state index in [4.69, 9.17) is 0 Å². The summed E-state index contributed by atoms with van der Waals surface area (Å²) in [7, 11) is 1.65. The molecule has 0 aliphatic heterocycles. The predicted molar refractivity (Wildman–Crippen MR) is 63.2 cm³/mol. The zero-order valence-electron chi connectivity index (χ0n) is 9.23. The first-order valence-electron chi connectivity index (χ1n) is 4.91. The zero-order chi connectivity index (χ0) is 9.66. The van der Waals surface area contributed by atoms with Crippen LogP contribution in [0.1, 0.15) is 39.5 Å². The third-order valence-electron chi connectivity index (χ3n) is 1.41. The summed E-state index contributed by atoms with van der Waals surface area (Å²) in [5, 5.41) is 3.39. The molecule has 0 heterocycles. The quantitative estimate of drug-likeness (QED) is 0.356. The second-order valence-electron chi connectivity index (χ2n) is 2.75. The van der Waals surface area contributed by atoms with Crippen LogP contribution in [0.2, 0.25) is 0 Å². The van der Waals surface area contributed by atoms with Gasteiger partial charge in [0.2, 0.25) is 0 Å². The van der Waals surface area contributed by atoms with Gasteiger partial charge in [-0.1, -0.05) is 26.7 Å². The number of hydrogen-bond donors (Lipinski definition) is 3. The fourth-order valence-corrected chi connectivity index (χ4v) is 0.729. The van der Waals surface area contributed by atoms with E-state index in [1.165, 1.54) is 38.8 Å². The fraction of sp³-hybridized carbons (Fsp3) is 1.00. The molecule has 0 aromatic heterocycles. The molecular formula is C9H26ClN3. The molecule has 3 nitrogen and oxygen atoms in total. The normalized spacial score (nSPS) is 8.31. The number of unbranched alkanes of at least 4 members (excludes halogenated alkanes) is 2. The maximum Gasteiger partial charge on any atom is -0.00172 e. The smallest absolute Gasteiger partial charge is 0.00172 e. The number of halogens is 1. The van der Waals surface area contributed by atoms with Gasteiger partial charge in [-0.15, -0.1) is 12.4 Å². The number of nitrogens with two attached hydrogens (primary N) is 1. The first-order chi connectivity index (χ1) is 5.83. The minimum atomic E-state index is 0. The van der Waals surface area contributed by atoms with Gasteiger partial charge in [0.05, 0.1) is 0 Å². The van der Waals surface area contributed by atoms with Gasteiger partial charge in [-0.3, -0.25) is 11.3 Å². The van der Waals surface area contributed by atoms with Crippen molar-refractivity contribution in [1.29, 1.82) is 0 Å². The maximum atomic E-state index is 4.60. The van der Waals surface area contributed by atoms with Gasteiger partial charge in [0.15, 0.2) is 0 Å². The molecule has 4 N–H and O–H groups in total. The van der Waals surface area contributed by atoms with E-state index in [2.05, 4.69) is 30.4 Å². The molecule has 0 aromatic rings. The van der Waals surface area contributed by atoms with Crippen molar-refractivity contribution in [3.05, 3.63) is 0 Å². The molecule has 0 fully saturated rings. The van der Waals surface area contributed by atoms with Crippen molar-refractivity contribution in [2.24, 2.45) is 5.84 Å². The van der Waals surface area contributed by atoms with Crippen LogP contribution in [0.5, 0.6) is 0 Å². The third kappa shape index (κ3) is 33.1. The van der Waals surface area contributed by atoms with E-state index in [9.17, 15) is 0 Å². The third-order valence-corrected chi connectivity index (χ3v) is 1.41. The average Bonchev–Trinajstić information content (AvgIpc) is 2.06. The molecule has 0 saturated heterocycles. The Morgan fingerprint density at radius 1 is 1.00 bits per heavy atom. The molecule has 0 amide bonds. The SMILES string of the molecule is CCCCNCCCC.CNN.Cl. The Morgan fingerprint density at radius 3 is 1.54 bits per heavy atom. The van der Waals surface area contributed by atoms with Crippen LogP contribution in [0.25, 0.3) is 0 Å². The van der Waals surface area contributed by atoms with E-state index in [1.54, 1.807) is 7.05 Å². The van der Waals surface area contributed by atoms with Gasteiger partial charge in [-0.2, -0.15) is 0 Å². The van der Waals surface area contributed by atoms with Gasteiger partial charge in [-0.25, -0.2) is 0 Å². The average molecular weight is 212 g/mol. The molecule has 0 aromatic carbocycles. The monoisotopic (exact) mass is 211 g/mol. The Kier molecular flexibility index (Phi) is 33.0. The van der Waals surface area contributed by atoms with Crippen LogP contribution in [-0.4, -0.2) is 20.1 Å². The first kappa shape index (κ1) is 18.9. The van der Waals surface area contributed by atoms with Crippen molar-refractivity contribution in [2.45, 2.75) is 39.5 Å². The molecule has 13 heavy (non-hydrogen) atoms. The van der Waals surface area contributed by atoms with Gasteiger partial charge in [0, 0.05) is 0 Å². The van der Waals surface area contributed by atoms with Crippen molar-refractivity contribution >= 4 is 12.4 Å². The lowest BCUT2D eigenvalue weighted by molar-refractivity contribution is 0.611. The van der Waals surface area contributed by atoms with Crippen molar-refractivity contribution in [2.75, 3.05) is 20.1 Å². The summed E-state index contributed by atoms with van der Waals surface area (Å²) in [5.41, 5.74) is 2.25. The number of rotatable bonds is 6. The van der Waals surface area contributed by atoms with E-state index in [0.29, 0.717) is 0 Å². The predicted octanol–water partition coefficient (Wildman–Crippen LogP) is 1.68. The van der Waals surface area contributed by atoms with Crippen LogP contribution < -0.4 is 16.6 Å². The largest absolute Gasteiger partial charge is 0.317 e. The summed E-state index contributed by atoms with van der Waals surface area (Å²) in [6.07, 6.45) is 5.26. The molecule has 0 aliphatic carbocycles. The van der Waals surface area contributed by atoms with Gasteiger partial charge in [0.1, 0.15) is 0 Å². The van der Waals surface area contributed by atoms with Crippen LogP contribution in [0.4, 0.5) is 0 Å². The minimum Gasteiger partial charge on any atom is -0.317 e. The maximum absolute atomic E-state index is 4.60. The second-order valence-corrected chi connectivity index (χ2v) is 2.75. The van der Waals surface area contributed by atoms with Crippen LogP contribution >= 0.6 is 12.4 Å². The first-order valence-corrected chi connectivity index (χ1v) is 4.91. The van der Waals surface area contributed by atoms with Crippen LogP contribution in [0, 0.1) is 0 Å². The number of hydrazine groups is 1. The summed E-state index contributed by atoms with van der Waals surface area (Å²) in [6.45, 7) is 6.86. The number of nitrogens with one attached hydrogen (secondary N) is 2. The zero-order valence-corrected chi connectivity index (χ0v) is 10.0. The van der Waals surface area contributed by atoms with Crippen LogP contribution in [0.3, 0.4) is 0 Å². The molecule has 0 saturated carbocycles. The molecule has 0 radical (unpaired) electrons. The lowest BCUT2D eigenvalue weighted by Crippen LogP contribution is -2.15. The Bertz CT molecular complexity index is 56.8.